The number of aliphatic hydroxyl groups is 5. The Bertz CT molecular complexity index is 695. The van der Waals surface area contributed by atoms with Crippen molar-refractivity contribution in [2.45, 2.75) is 24.4 Å². The van der Waals surface area contributed by atoms with Gasteiger partial charge < -0.3 is 36.2 Å². The molecule has 4 atom stereocenters. The molecule has 0 fully saturated rings. The Kier molecular flexibility index (Phi) is 7.07. The van der Waals surface area contributed by atoms with E-state index in [1.807, 2.05) is 30.3 Å². The molecule has 4 unspecified atom stereocenters. The maximum Gasteiger partial charge on any atom is 0.256 e. The third-order valence-electron chi connectivity index (χ3n) is 3.74. The van der Waals surface area contributed by atoms with Gasteiger partial charge in [-0.2, -0.15) is 0 Å². The van der Waals surface area contributed by atoms with Crippen LogP contribution < -0.4 is 10.6 Å². The van der Waals surface area contributed by atoms with Crippen molar-refractivity contribution in [3.05, 3.63) is 54.6 Å². The van der Waals surface area contributed by atoms with Crippen LogP contribution in [0.4, 0.5) is 17.1 Å². The average Bonchev–Trinajstić information content (AvgIpc) is 2.67. The lowest BCUT2D eigenvalue weighted by Crippen LogP contribution is -2.50. The Balaban J connectivity index is 1.94. The molecule has 8 heteroatoms. The van der Waals surface area contributed by atoms with Gasteiger partial charge in [-0.05, 0) is 36.4 Å². The number of aliphatic hydroxyl groups excluding tert-OH is 5. The summed E-state index contributed by atoms with van der Waals surface area (Å²) in [5.41, 5.74) is 2.06. The predicted octanol–water partition coefficient (Wildman–Crippen LogP) is -0.195. The fourth-order valence-corrected chi connectivity index (χ4v) is 2.22. The number of hydrogen-bond donors (Lipinski definition) is 7. The van der Waals surface area contributed by atoms with Crippen molar-refractivity contribution in [3.63, 3.8) is 0 Å². The summed E-state index contributed by atoms with van der Waals surface area (Å²) >= 11 is 0. The van der Waals surface area contributed by atoms with Gasteiger partial charge in [-0.15, -0.1) is 0 Å². The molecule has 2 aromatic rings. The Morgan fingerprint density at radius 2 is 1.35 bits per heavy atom. The molecule has 2 aromatic carbocycles. The van der Waals surface area contributed by atoms with E-state index >= 15 is 0 Å². The summed E-state index contributed by atoms with van der Waals surface area (Å²) in [5, 5.41) is 52.6. The second kappa shape index (κ2) is 9.27. The molecule has 0 heterocycles. The Morgan fingerprint density at radius 1 is 0.808 bits per heavy atom. The first kappa shape index (κ1) is 19.8. The number of para-hydroxylation sites is 1. The first-order valence-electron chi connectivity index (χ1n) is 7.98. The van der Waals surface area contributed by atoms with E-state index in [1.54, 1.807) is 24.3 Å². The Morgan fingerprint density at radius 3 is 1.92 bits per heavy atom. The van der Waals surface area contributed by atoms with E-state index in [2.05, 4.69) is 10.6 Å². The largest absolute Gasteiger partial charge is 0.394 e. The minimum absolute atomic E-state index is 0.372. The highest BCUT2D eigenvalue weighted by Gasteiger charge is 2.34. The van der Waals surface area contributed by atoms with Crippen LogP contribution in [0.1, 0.15) is 0 Å². The lowest BCUT2D eigenvalue weighted by molar-refractivity contribution is -0.144. The van der Waals surface area contributed by atoms with Crippen LogP contribution >= 0.6 is 0 Å². The maximum atomic E-state index is 12.0. The fourth-order valence-electron chi connectivity index (χ4n) is 2.22. The van der Waals surface area contributed by atoms with Crippen LogP contribution in [-0.2, 0) is 4.79 Å². The number of hydrogen-bond acceptors (Lipinski definition) is 7. The van der Waals surface area contributed by atoms with Crippen LogP contribution in [0.3, 0.4) is 0 Å². The highest BCUT2D eigenvalue weighted by atomic mass is 16.4. The van der Waals surface area contributed by atoms with Crippen molar-refractivity contribution in [2.24, 2.45) is 0 Å². The zero-order valence-corrected chi connectivity index (χ0v) is 13.9. The lowest BCUT2D eigenvalue weighted by Gasteiger charge is -2.24. The fraction of sp³-hybridized carbons (Fsp3) is 0.278. The predicted molar refractivity (Wildman–Crippen MR) is 95.9 cm³/mol. The molecule has 0 saturated heterocycles. The topological polar surface area (TPSA) is 142 Å². The first-order valence-corrected chi connectivity index (χ1v) is 7.98. The zero-order valence-electron chi connectivity index (χ0n) is 13.9. The molecule has 2 rings (SSSR count). The van der Waals surface area contributed by atoms with E-state index < -0.39 is 36.9 Å². The molecule has 7 N–H and O–H groups in total. The molecule has 0 spiro atoms. The Hall–Kier alpha value is -2.49. The van der Waals surface area contributed by atoms with Gasteiger partial charge in [0.25, 0.3) is 5.91 Å². The van der Waals surface area contributed by atoms with E-state index in [0.717, 1.165) is 11.4 Å². The van der Waals surface area contributed by atoms with Crippen LogP contribution in [0.15, 0.2) is 54.6 Å². The van der Waals surface area contributed by atoms with Gasteiger partial charge in [-0.25, -0.2) is 0 Å². The molecule has 0 aliphatic rings. The average molecular weight is 362 g/mol. The molecule has 0 aliphatic heterocycles. The summed E-state index contributed by atoms with van der Waals surface area (Å²) in [5.74, 6) is -0.953. The van der Waals surface area contributed by atoms with Gasteiger partial charge in [0.1, 0.15) is 18.3 Å². The molecule has 26 heavy (non-hydrogen) atoms. The van der Waals surface area contributed by atoms with Crippen LogP contribution in [-0.4, -0.2) is 62.5 Å². The van der Waals surface area contributed by atoms with Crippen molar-refractivity contribution in [1.82, 2.24) is 0 Å². The van der Waals surface area contributed by atoms with E-state index in [0.29, 0.717) is 5.69 Å². The molecule has 0 bridgehead atoms. The van der Waals surface area contributed by atoms with Crippen molar-refractivity contribution in [3.8, 4) is 0 Å². The smallest absolute Gasteiger partial charge is 0.256 e. The summed E-state index contributed by atoms with van der Waals surface area (Å²) in [7, 11) is 0. The van der Waals surface area contributed by atoms with Gasteiger partial charge >= 0.3 is 0 Å². The second-order valence-electron chi connectivity index (χ2n) is 5.73. The molecular formula is C18H22N2O6. The van der Waals surface area contributed by atoms with E-state index in [1.165, 1.54) is 0 Å². The maximum absolute atomic E-state index is 12.0. The molecule has 0 radical (unpaired) electrons. The van der Waals surface area contributed by atoms with Gasteiger partial charge in [0.2, 0.25) is 0 Å². The molecule has 140 valence electrons. The summed E-state index contributed by atoms with van der Waals surface area (Å²) in [6.45, 7) is -0.817. The number of anilines is 3. The molecule has 1 amide bonds. The van der Waals surface area contributed by atoms with Gasteiger partial charge in [0, 0.05) is 17.1 Å². The molecule has 0 aliphatic carbocycles. The van der Waals surface area contributed by atoms with Crippen LogP contribution in [0.25, 0.3) is 0 Å². The SMILES string of the molecule is O=C(Nc1ccc(Nc2ccccc2)cc1)C(O)C(O)C(O)C(O)CO. The van der Waals surface area contributed by atoms with Gasteiger partial charge in [0.15, 0.2) is 6.10 Å². The summed E-state index contributed by atoms with van der Waals surface area (Å²) in [6.07, 6.45) is -7.46. The zero-order chi connectivity index (χ0) is 19.1. The number of nitrogens with one attached hydrogen (secondary N) is 2. The first-order chi connectivity index (χ1) is 12.4. The lowest BCUT2D eigenvalue weighted by atomic mass is 10.0. The standard InChI is InChI=1S/C18H22N2O6/c21-10-14(22)15(23)16(24)17(25)18(26)20-13-8-6-12(7-9-13)19-11-4-2-1-3-5-11/h1-9,14-17,19,21-25H,10H2,(H,20,26). The molecular weight excluding hydrogens is 340 g/mol. The number of rotatable bonds is 8. The molecule has 0 saturated carbocycles. The second-order valence-corrected chi connectivity index (χ2v) is 5.73. The highest BCUT2D eigenvalue weighted by Crippen LogP contribution is 2.19. The number of carbonyl (C=O) groups is 1. The van der Waals surface area contributed by atoms with Crippen LogP contribution in [0.5, 0.6) is 0 Å². The summed E-state index contributed by atoms with van der Waals surface area (Å²) < 4.78 is 0. The summed E-state index contributed by atoms with van der Waals surface area (Å²) in [6, 6.07) is 16.1. The van der Waals surface area contributed by atoms with Gasteiger partial charge in [-0.1, -0.05) is 18.2 Å². The Labute approximate surface area is 150 Å². The van der Waals surface area contributed by atoms with Gasteiger partial charge in [-0.3, -0.25) is 4.79 Å². The minimum Gasteiger partial charge on any atom is -0.394 e. The number of amides is 1. The monoisotopic (exact) mass is 362 g/mol. The van der Waals surface area contributed by atoms with Crippen LogP contribution in [0.2, 0.25) is 0 Å². The third-order valence-corrected chi connectivity index (χ3v) is 3.74. The van der Waals surface area contributed by atoms with Gasteiger partial charge in [0.05, 0.1) is 6.61 Å². The van der Waals surface area contributed by atoms with E-state index in [-0.39, 0.29) is 0 Å². The normalized spacial score (nSPS) is 15.6. The van der Waals surface area contributed by atoms with Crippen LogP contribution in [0, 0.1) is 0 Å². The van der Waals surface area contributed by atoms with Crippen molar-refractivity contribution in [1.29, 1.82) is 0 Å². The highest BCUT2D eigenvalue weighted by molar-refractivity contribution is 5.94. The van der Waals surface area contributed by atoms with Crippen molar-refractivity contribution < 1.29 is 30.3 Å². The number of benzene rings is 2. The third kappa shape index (κ3) is 5.25. The molecule has 8 nitrogen and oxygen atoms in total. The molecule has 0 aromatic heterocycles. The number of carbonyl (C=O) groups excluding carboxylic acids is 1. The van der Waals surface area contributed by atoms with Crippen molar-refractivity contribution in [2.75, 3.05) is 17.2 Å². The minimum atomic E-state index is -1.98. The van der Waals surface area contributed by atoms with E-state index in [9.17, 15) is 25.2 Å². The van der Waals surface area contributed by atoms with E-state index in [4.69, 9.17) is 5.11 Å². The quantitative estimate of drug-likeness (QED) is 0.345. The summed E-state index contributed by atoms with van der Waals surface area (Å²) in [4.78, 5) is 12.0. The van der Waals surface area contributed by atoms with Crippen molar-refractivity contribution >= 4 is 23.0 Å².